The number of aromatic nitrogens is 1. The van der Waals surface area contributed by atoms with E-state index in [4.69, 9.17) is 10.8 Å². The Labute approximate surface area is 116 Å². The quantitative estimate of drug-likeness (QED) is 0.831. The van der Waals surface area contributed by atoms with E-state index in [0.29, 0.717) is 17.6 Å². The average Bonchev–Trinajstić information content (AvgIpc) is 2.41. The summed E-state index contributed by atoms with van der Waals surface area (Å²) in [6.07, 6.45) is 0.634. The second kappa shape index (κ2) is 5.24. The van der Waals surface area contributed by atoms with Crippen LogP contribution in [0, 0.1) is 6.92 Å². The van der Waals surface area contributed by atoms with Crippen LogP contribution in [0.4, 0.5) is 10.5 Å². The van der Waals surface area contributed by atoms with Gasteiger partial charge >= 0.3 is 6.09 Å². The highest BCUT2D eigenvalue weighted by molar-refractivity contribution is 5.93. The number of hydrogen-bond donors (Lipinski definition) is 2. The molecule has 0 saturated heterocycles. The first-order valence-electron chi connectivity index (χ1n) is 6.24. The second-order valence-electron chi connectivity index (χ2n) is 4.78. The van der Waals surface area contributed by atoms with E-state index in [1.54, 1.807) is 18.3 Å². The van der Waals surface area contributed by atoms with Crippen LogP contribution in [0.25, 0.3) is 10.8 Å². The smallest absolute Gasteiger partial charge is 0.407 e. The molecule has 6 heteroatoms. The molecular weight excluding hydrogens is 258 g/mol. The number of nitrogen functional groups attached to an aromatic ring is 1. The molecule has 106 valence electrons. The van der Waals surface area contributed by atoms with Crippen molar-refractivity contribution in [1.29, 1.82) is 0 Å². The molecule has 0 bridgehead atoms. The predicted octanol–water partition coefficient (Wildman–Crippen LogP) is 1.50. The van der Waals surface area contributed by atoms with Gasteiger partial charge in [-0.1, -0.05) is 6.07 Å². The van der Waals surface area contributed by atoms with Crippen molar-refractivity contribution < 1.29 is 9.90 Å². The third-order valence-electron chi connectivity index (χ3n) is 3.42. The molecule has 2 aromatic rings. The van der Waals surface area contributed by atoms with E-state index >= 15 is 0 Å². The highest BCUT2D eigenvalue weighted by atomic mass is 16.4. The number of rotatable bonds is 3. The number of amides is 1. The van der Waals surface area contributed by atoms with E-state index in [1.807, 2.05) is 13.0 Å². The van der Waals surface area contributed by atoms with Crippen LogP contribution in [-0.2, 0) is 6.54 Å². The minimum atomic E-state index is -1.02. The number of fused-ring (bicyclic) bond motifs is 1. The molecule has 3 N–H and O–H groups in total. The highest BCUT2D eigenvalue weighted by Crippen LogP contribution is 2.21. The van der Waals surface area contributed by atoms with Crippen molar-refractivity contribution in [3.8, 4) is 0 Å². The van der Waals surface area contributed by atoms with Crippen molar-refractivity contribution >= 4 is 22.6 Å². The van der Waals surface area contributed by atoms with Gasteiger partial charge in [-0.05, 0) is 24.6 Å². The molecule has 0 aliphatic rings. The molecule has 1 aromatic carbocycles. The first-order chi connectivity index (χ1) is 9.41. The summed E-state index contributed by atoms with van der Waals surface area (Å²) >= 11 is 0. The Hall–Kier alpha value is -2.50. The predicted molar refractivity (Wildman–Crippen MR) is 78.0 cm³/mol. The van der Waals surface area contributed by atoms with Gasteiger partial charge in [0.2, 0.25) is 0 Å². The second-order valence-corrected chi connectivity index (χ2v) is 4.78. The fourth-order valence-electron chi connectivity index (χ4n) is 2.03. The number of carboxylic acid groups (broad SMARTS) is 1. The van der Waals surface area contributed by atoms with Crippen LogP contribution < -0.4 is 11.3 Å². The number of anilines is 1. The van der Waals surface area contributed by atoms with Gasteiger partial charge in [0.05, 0.1) is 0 Å². The third-order valence-corrected chi connectivity index (χ3v) is 3.42. The molecule has 20 heavy (non-hydrogen) atoms. The SMILES string of the molecule is Cc1ccc2c(=O)n(CCN(C)C(=O)O)ccc2c1N. The molecule has 0 aliphatic heterocycles. The maximum Gasteiger partial charge on any atom is 0.407 e. The van der Waals surface area contributed by atoms with Crippen LogP contribution in [-0.4, -0.2) is 34.3 Å². The van der Waals surface area contributed by atoms with Gasteiger partial charge < -0.3 is 20.3 Å². The van der Waals surface area contributed by atoms with Gasteiger partial charge in [0.1, 0.15) is 0 Å². The molecule has 2 rings (SSSR count). The van der Waals surface area contributed by atoms with Crippen LogP contribution in [0.3, 0.4) is 0 Å². The van der Waals surface area contributed by atoms with Crippen molar-refractivity contribution in [1.82, 2.24) is 9.47 Å². The lowest BCUT2D eigenvalue weighted by Gasteiger charge is -2.14. The van der Waals surface area contributed by atoms with E-state index in [1.165, 1.54) is 11.6 Å². The van der Waals surface area contributed by atoms with Crippen LogP contribution in [0.5, 0.6) is 0 Å². The molecule has 0 aliphatic carbocycles. The summed E-state index contributed by atoms with van der Waals surface area (Å²) in [6, 6.07) is 5.35. The fourth-order valence-corrected chi connectivity index (χ4v) is 2.03. The average molecular weight is 275 g/mol. The number of nitrogens with zero attached hydrogens (tertiary/aromatic N) is 2. The zero-order valence-electron chi connectivity index (χ0n) is 11.5. The van der Waals surface area contributed by atoms with E-state index < -0.39 is 6.09 Å². The Kier molecular flexibility index (Phi) is 3.65. The Morgan fingerprint density at radius 3 is 2.70 bits per heavy atom. The minimum absolute atomic E-state index is 0.159. The molecule has 6 nitrogen and oxygen atoms in total. The van der Waals surface area contributed by atoms with Crippen molar-refractivity contribution in [2.75, 3.05) is 19.3 Å². The molecule has 0 spiro atoms. The third kappa shape index (κ3) is 2.45. The Bertz CT molecular complexity index is 721. The van der Waals surface area contributed by atoms with Crippen molar-refractivity contribution in [2.45, 2.75) is 13.5 Å². The van der Waals surface area contributed by atoms with Gasteiger partial charge in [-0.25, -0.2) is 4.79 Å². The van der Waals surface area contributed by atoms with Gasteiger partial charge in [0.15, 0.2) is 0 Å². The monoisotopic (exact) mass is 275 g/mol. The van der Waals surface area contributed by atoms with E-state index in [-0.39, 0.29) is 12.1 Å². The normalized spacial score (nSPS) is 10.7. The number of pyridine rings is 1. The lowest BCUT2D eigenvalue weighted by atomic mass is 10.1. The van der Waals surface area contributed by atoms with Gasteiger partial charge in [-0.2, -0.15) is 0 Å². The van der Waals surface area contributed by atoms with Crippen molar-refractivity contribution in [3.05, 3.63) is 40.3 Å². The molecule has 0 radical (unpaired) electrons. The fraction of sp³-hybridized carbons (Fsp3) is 0.286. The molecule has 1 amide bonds. The van der Waals surface area contributed by atoms with E-state index in [2.05, 4.69) is 0 Å². The zero-order valence-corrected chi connectivity index (χ0v) is 11.5. The van der Waals surface area contributed by atoms with Crippen LogP contribution in [0.1, 0.15) is 5.56 Å². The Morgan fingerprint density at radius 2 is 2.05 bits per heavy atom. The number of nitrogens with two attached hydrogens (primary N) is 1. The van der Waals surface area contributed by atoms with Gasteiger partial charge in [0, 0.05) is 42.8 Å². The molecule has 1 heterocycles. The Morgan fingerprint density at radius 1 is 1.35 bits per heavy atom. The largest absolute Gasteiger partial charge is 0.465 e. The summed E-state index contributed by atoms with van der Waals surface area (Å²) in [5.41, 5.74) is 7.34. The lowest BCUT2D eigenvalue weighted by molar-refractivity contribution is 0.154. The number of aryl methyl sites for hydroxylation is 1. The maximum atomic E-state index is 12.3. The summed E-state index contributed by atoms with van der Waals surface area (Å²) < 4.78 is 1.50. The first kappa shape index (κ1) is 13.9. The Balaban J connectivity index is 2.38. The van der Waals surface area contributed by atoms with Gasteiger partial charge in [-0.3, -0.25) is 4.79 Å². The van der Waals surface area contributed by atoms with Crippen LogP contribution in [0.15, 0.2) is 29.2 Å². The number of hydrogen-bond acceptors (Lipinski definition) is 3. The van der Waals surface area contributed by atoms with Gasteiger partial charge in [0.25, 0.3) is 5.56 Å². The minimum Gasteiger partial charge on any atom is -0.465 e. The number of benzene rings is 1. The summed E-state index contributed by atoms with van der Waals surface area (Å²) in [7, 11) is 1.47. The molecular formula is C14H17N3O3. The standard InChI is InChI=1S/C14H17N3O3/c1-9-3-4-11-10(12(9)15)5-6-17(13(11)18)8-7-16(2)14(19)20/h3-6H,7-8,15H2,1-2H3,(H,19,20). The molecule has 0 fully saturated rings. The summed E-state index contributed by atoms with van der Waals surface area (Å²) in [5.74, 6) is 0. The molecule has 0 saturated carbocycles. The summed E-state index contributed by atoms with van der Waals surface area (Å²) in [5, 5.41) is 10.1. The first-order valence-corrected chi connectivity index (χ1v) is 6.24. The van der Waals surface area contributed by atoms with Crippen molar-refractivity contribution in [3.63, 3.8) is 0 Å². The number of likely N-dealkylation sites (N-methyl/N-ethyl adjacent to an activating group) is 1. The number of carbonyl (C=O) groups is 1. The van der Waals surface area contributed by atoms with Gasteiger partial charge in [-0.15, -0.1) is 0 Å². The highest BCUT2D eigenvalue weighted by Gasteiger charge is 2.09. The summed E-state index contributed by atoms with van der Waals surface area (Å²) in [4.78, 5) is 24.2. The van der Waals surface area contributed by atoms with E-state index in [9.17, 15) is 9.59 Å². The van der Waals surface area contributed by atoms with Crippen LogP contribution >= 0.6 is 0 Å². The van der Waals surface area contributed by atoms with E-state index in [0.717, 1.165) is 15.8 Å². The summed E-state index contributed by atoms with van der Waals surface area (Å²) in [6.45, 7) is 2.45. The lowest BCUT2D eigenvalue weighted by Crippen LogP contribution is -2.31. The van der Waals surface area contributed by atoms with Crippen molar-refractivity contribution in [2.24, 2.45) is 0 Å². The maximum absolute atomic E-state index is 12.3. The molecule has 0 atom stereocenters. The molecule has 0 unspecified atom stereocenters. The zero-order chi connectivity index (χ0) is 14.9. The topological polar surface area (TPSA) is 88.6 Å². The van der Waals surface area contributed by atoms with Crippen LogP contribution in [0.2, 0.25) is 0 Å². The molecule has 1 aromatic heterocycles.